The largest absolute Gasteiger partial charge is 0.373 e. The highest BCUT2D eigenvalue weighted by Gasteiger charge is 2.04. The van der Waals surface area contributed by atoms with Gasteiger partial charge >= 0.3 is 0 Å². The second-order valence-electron chi connectivity index (χ2n) is 3.42. The lowest BCUT2D eigenvalue weighted by Crippen LogP contribution is -2.09. The fourth-order valence-electron chi connectivity index (χ4n) is 1.15. The highest BCUT2D eigenvalue weighted by Crippen LogP contribution is 2.04. The van der Waals surface area contributed by atoms with E-state index in [1.807, 2.05) is 31.2 Å². The molecule has 0 saturated carbocycles. The SMILES string of the molecule is C=CCCOCC(=O)c1ccc(C)cc1. The van der Waals surface area contributed by atoms with Crippen LogP contribution in [0.3, 0.4) is 0 Å². The molecule has 0 radical (unpaired) electrons. The summed E-state index contributed by atoms with van der Waals surface area (Å²) in [6.45, 7) is 6.28. The number of carbonyl (C=O) groups excluding carboxylic acids is 1. The van der Waals surface area contributed by atoms with Crippen molar-refractivity contribution in [2.75, 3.05) is 13.2 Å². The van der Waals surface area contributed by atoms with Crippen molar-refractivity contribution in [3.63, 3.8) is 0 Å². The molecule has 80 valence electrons. The molecule has 0 spiro atoms. The Labute approximate surface area is 90.6 Å². The number of ketones is 1. The van der Waals surface area contributed by atoms with Crippen LogP contribution in [0.4, 0.5) is 0 Å². The van der Waals surface area contributed by atoms with E-state index in [9.17, 15) is 4.79 Å². The summed E-state index contributed by atoms with van der Waals surface area (Å²) in [5.74, 6) is 0.0269. The molecule has 0 N–H and O–H groups in total. The molecular weight excluding hydrogens is 188 g/mol. The van der Waals surface area contributed by atoms with Crippen molar-refractivity contribution < 1.29 is 9.53 Å². The Balaban J connectivity index is 2.40. The van der Waals surface area contributed by atoms with Crippen LogP contribution in [0.15, 0.2) is 36.9 Å². The molecule has 1 aromatic carbocycles. The van der Waals surface area contributed by atoms with E-state index < -0.39 is 0 Å². The van der Waals surface area contributed by atoms with Crippen LogP contribution in [0.25, 0.3) is 0 Å². The summed E-state index contributed by atoms with van der Waals surface area (Å²) in [6.07, 6.45) is 2.55. The molecule has 0 heterocycles. The predicted octanol–water partition coefficient (Wildman–Crippen LogP) is 2.77. The summed E-state index contributed by atoms with van der Waals surface area (Å²) in [6, 6.07) is 7.51. The Morgan fingerprint density at radius 2 is 2.07 bits per heavy atom. The summed E-state index contributed by atoms with van der Waals surface area (Å²) in [4.78, 5) is 11.6. The van der Waals surface area contributed by atoms with E-state index in [1.165, 1.54) is 0 Å². The normalized spacial score (nSPS) is 9.93. The lowest BCUT2D eigenvalue weighted by Gasteiger charge is -2.02. The topological polar surface area (TPSA) is 26.3 Å². The van der Waals surface area contributed by atoms with Crippen molar-refractivity contribution in [3.8, 4) is 0 Å². The summed E-state index contributed by atoms with van der Waals surface area (Å²) < 4.78 is 5.20. The van der Waals surface area contributed by atoms with Gasteiger partial charge in [-0.15, -0.1) is 6.58 Å². The first-order chi connectivity index (χ1) is 7.24. The monoisotopic (exact) mass is 204 g/mol. The second-order valence-corrected chi connectivity index (χ2v) is 3.42. The van der Waals surface area contributed by atoms with Crippen molar-refractivity contribution in [1.82, 2.24) is 0 Å². The second kappa shape index (κ2) is 6.14. The van der Waals surface area contributed by atoms with Gasteiger partial charge in [-0.05, 0) is 13.3 Å². The third-order valence-corrected chi connectivity index (χ3v) is 2.07. The molecule has 2 heteroatoms. The maximum Gasteiger partial charge on any atom is 0.188 e. The molecule has 0 amide bonds. The van der Waals surface area contributed by atoms with Gasteiger partial charge in [0.2, 0.25) is 0 Å². The quantitative estimate of drug-likeness (QED) is 0.404. The molecule has 1 aromatic rings. The number of rotatable bonds is 6. The molecule has 0 atom stereocenters. The molecule has 15 heavy (non-hydrogen) atoms. The van der Waals surface area contributed by atoms with Gasteiger partial charge in [0, 0.05) is 5.56 Å². The van der Waals surface area contributed by atoms with Gasteiger partial charge in [-0.2, -0.15) is 0 Å². The number of hydrogen-bond acceptors (Lipinski definition) is 2. The molecule has 0 unspecified atom stereocenters. The van der Waals surface area contributed by atoms with Gasteiger partial charge in [0.15, 0.2) is 5.78 Å². The van der Waals surface area contributed by atoms with Gasteiger partial charge in [-0.3, -0.25) is 4.79 Å². The number of aryl methyl sites for hydroxylation is 1. The minimum absolute atomic E-state index is 0.0269. The average Bonchev–Trinajstić information content (AvgIpc) is 2.25. The molecule has 0 saturated heterocycles. The van der Waals surface area contributed by atoms with Crippen molar-refractivity contribution in [3.05, 3.63) is 48.0 Å². The number of benzene rings is 1. The number of carbonyl (C=O) groups is 1. The maximum atomic E-state index is 11.6. The first-order valence-electron chi connectivity index (χ1n) is 5.02. The zero-order chi connectivity index (χ0) is 11.1. The zero-order valence-electron chi connectivity index (χ0n) is 9.03. The number of Topliss-reactive ketones (excluding diaryl/α,β-unsaturated/α-hetero) is 1. The minimum Gasteiger partial charge on any atom is -0.373 e. The van der Waals surface area contributed by atoms with Crippen molar-refractivity contribution in [1.29, 1.82) is 0 Å². The highest BCUT2D eigenvalue weighted by molar-refractivity contribution is 5.97. The zero-order valence-corrected chi connectivity index (χ0v) is 9.03. The van der Waals surface area contributed by atoms with Gasteiger partial charge < -0.3 is 4.74 Å². The van der Waals surface area contributed by atoms with Crippen LogP contribution in [0.5, 0.6) is 0 Å². The van der Waals surface area contributed by atoms with Gasteiger partial charge in [0.05, 0.1) is 6.61 Å². The van der Waals surface area contributed by atoms with E-state index in [2.05, 4.69) is 6.58 Å². The number of ether oxygens (including phenoxy) is 1. The fraction of sp³-hybridized carbons (Fsp3) is 0.308. The first kappa shape index (κ1) is 11.7. The van der Waals surface area contributed by atoms with Crippen molar-refractivity contribution in [2.24, 2.45) is 0 Å². The molecule has 2 nitrogen and oxygen atoms in total. The third kappa shape index (κ3) is 4.09. The summed E-state index contributed by atoms with van der Waals surface area (Å²) >= 11 is 0. The van der Waals surface area contributed by atoms with Crippen LogP contribution in [-0.4, -0.2) is 19.0 Å². The van der Waals surface area contributed by atoms with Gasteiger partial charge in [0.1, 0.15) is 6.61 Å². The molecule has 0 aliphatic rings. The van der Waals surface area contributed by atoms with Gasteiger partial charge in [0.25, 0.3) is 0 Å². The van der Waals surface area contributed by atoms with E-state index in [-0.39, 0.29) is 12.4 Å². The maximum absolute atomic E-state index is 11.6. The Bertz CT molecular complexity index is 325. The third-order valence-electron chi connectivity index (χ3n) is 2.07. The van der Waals surface area contributed by atoms with Crippen LogP contribution in [0, 0.1) is 6.92 Å². The Kier molecular flexibility index (Phi) is 4.78. The van der Waals surface area contributed by atoms with Gasteiger partial charge in [-0.1, -0.05) is 35.9 Å². The molecule has 0 aliphatic heterocycles. The minimum atomic E-state index is 0.0269. The van der Waals surface area contributed by atoms with Crippen LogP contribution in [0.1, 0.15) is 22.3 Å². The van der Waals surface area contributed by atoms with Crippen LogP contribution in [0.2, 0.25) is 0 Å². The average molecular weight is 204 g/mol. The summed E-state index contributed by atoms with van der Waals surface area (Å²) in [7, 11) is 0. The van der Waals surface area contributed by atoms with Crippen LogP contribution in [-0.2, 0) is 4.74 Å². The smallest absolute Gasteiger partial charge is 0.188 e. The molecular formula is C13H16O2. The van der Waals surface area contributed by atoms with Crippen molar-refractivity contribution >= 4 is 5.78 Å². The fourth-order valence-corrected chi connectivity index (χ4v) is 1.15. The van der Waals surface area contributed by atoms with Gasteiger partial charge in [-0.25, -0.2) is 0 Å². The summed E-state index contributed by atoms with van der Waals surface area (Å²) in [5.41, 5.74) is 1.86. The Morgan fingerprint density at radius 3 is 2.67 bits per heavy atom. The van der Waals surface area contributed by atoms with E-state index >= 15 is 0 Å². The lowest BCUT2D eigenvalue weighted by atomic mass is 10.1. The van der Waals surface area contributed by atoms with Crippen LogP contribution < -0.4 is 0 Å². The molecule has 0 fully saturated rings. The molecule has 0 aromatic heterocycles. The van der Waals surface area contributed by atoms with Crippen molar-refractivity contribution in [2.45, 2.75) is 13.3 Å². The standard InChI is InChI=1S/C13H16O2/c1-3-4-9-15-10-13(14)12-7-5-11(2)6-8-12/h3,5-8H,1,4,9-10H2,2H3. The van der Waals surface area contributed by atoms with E-state index in [4.69, 9.17) is 4.74 Å². The molecule has 1 rings (SSSR count). The van der Waals surface area contributed by atoms with E-state index in [0.717, 1.165) is 12.0 Å². The van der Waals surface area contributed by atoms with E-state index in [1.54, 1.807) is 6.08 Å². The van der Waals surface area contributed by atoms with E-state index in [0.29, 0.717) is 12.2 Å². The first-order valence-corrected chi connectivity index (χ1v) is 5.02. The Hall–Kier alpha value is -1.41. The number of hydrogen-bond donors (Lipinski definition) is 0. The molecule has 0 aliphatic carbocycles. The summed E-state index contributed by atoms with van der Waals surface area (Å²) in [5, 5.41) is 0. The lowest BCUT2D eigenvalue weighted by molar-refractivity contribution is 0.0768. The molecule has 0 bridgehead atoms. The predicted molar refractivity (Wildman–Crippen MR) is 61.1 cm³/mol. The highest BCUT2D eigenvalue weighted by atomic mass is 16.5. The Morgan fingerprint density at radius 1 is 1.40 bits per heavy atom. The van der Waals surface area contributed by atoms with Crippen LogP contribution >= 0.6 is 0 Å².